The lowest BCUT2D eigenvalue weighted by Crippen LogP contribution is -2.57. The zero-order chi connectivity index (χ0) is 60.2. The number of Topliss-reactive ketones (excluding diaryl/α,β-unsaturated/α-hetero) is 1. The van der Waals surface area contributed by atoms with Crippen LogP contribution in [0.4, 0.5) is 19.0 Å². The van der Waals surface area contributed by atoms with Gasteiger partial charge in [-0.25, -0.2) is 4.98 Å². The topological polar surface area (TPSA) is 362 Å². The van der Waals surface area contributed by atoms with Gasteiger partial charge in [-0.05, 0) is 13.3 Å². The Labute approximate surface area is 480 Å². The highest BCUT2D eigenvalue weighted by Crippen LogP contribution is 2.28. The molecule has 0 saturated carbocycles. The van der Waals surface area contributed by atoms with E-state index in [0.717, 1.165) is 6.20 Å². The molecule has 32 heteroatoms. The van der Waals surface area contributed by atoms with Crippen LogP contribution in [0.3, 0.4) is 0 Å². The number of rotatable bonds is 51. The highest BCUT2D eigenvalue weighted by atomic mass is 19.4. The monoisotopic (exact) mass is 1210 g/mol. The smallest absolute Gasteiger partial charge is 0.390 e. The Bertz CT molecular complexity index is 1860. The van der Waals surface area contributed by atoms with E-state index in [9.17, 15) is 52.8 Å². The van der Waals surface area contributed by atoms with Crippen molar-refractivity contribution in [3.05, 3.63) is 18.1 Å². The number of hydrogen-bond donors (Lipinski definition) is 8. The largest absolute Gasteiger partial charge is 0.434 e. The number of aliphatic hydroxyl groups is 4. The normalized spacial score (nSPS) is 20.5. The maximum absolute atomic E-state index is 13.0. The maximum atomic E-state index is 13.0. The van der Waals surface area contributed by atoms with E-state index in [1.165, 1.54) is 6.92 Å². The second-order valence-corrected chi connectivity index (χ2v) is 18.5. The van der Waals surface area contributed by atoms with Crippen LogP contribution in [0, 0.1) is 0 Å². The van der Waals surface area contributed by atoms with Crippen LogP contribution in [0.2, 0.25) is 0 Å². The van der Waals surface area contributed by atoms with Crippen molar-refractivity contribution < 1.29 is 124 Å². The number of nitrogens with zero attached hydrogens (tertiary/aromatic N) is 2. The lowest BCUT2D eigenvalue weighted by molar-refractivity contribution is -0.161. The molecule has 3 amide bonds. The summed E-state index contributed by atoms with van der Waals surface area (Å²) in [7, 11) is 0. The average molecular weight is 1210 g/mol. The molecule has 8 atom stereocenters. The molecular weight excluding hydrogens is 1120 g/mol. The van der Waals surface area contributed by atoms with Gasteiger partial charge in [-0.3, -0.25) is 24.2 Å². The van der Waals surface area contributed by atoms with E-state index in [1.54, 1.807) is 0 Å². The van der Waals surface area contributed by atoms with E-state index >= 15 is 0 Å². The van der Waals surface area contributed by atoms with E-state index in [4.69, 9.17) is 71.1 Å². The number of aliphatic hydroxyl groups excluding tert-OH is 4. The van der Waals surface area contributed by atoms with Gasteiger partial charge in [0.05, 0.1) is 196 Å². The molecule has 3 heterocycles. The standard InChI is InChI=1S/C51H87F3N6O23/c1-37(61)30-78-24-20-75-23-27-81-36-47(65)58-38(31-76-7-3-45(63)56-5-10-69-12-14-71-16-18-73-21-25-79-34-41-49(67)40(62)2-9-82-41)32-77-8-4-46(64)57-6-11-70-13-15-72-17-19-74-22-26-80-35-42-50(68)48(66)39(33-83-42)59-44-29-55-28-43(60-44)51(52,53)54/h28-29,38-42,48-50,62,66-68H,2-27,30-36H2,1H3,(H,56,63)(H,57,64)(H,58,65)(H,59,60)/t38?,39-,40+,41+,42+,48+,49+,50-/m0/s1. The fraction of sp³-hybridized carbons (Fsp3) is 0.843. The van der Waals surface area contributed by atoms with E-state index in [2.05, 4.69) is 31.2 Å². The minimum Gasteiger partial charge on any atom is -0.390 e. The zero-order valence-corrected chi connectivity index (χ0v) is 47.2. The van der Waals surface area contributed by atoms with Crippen LogP contribution in [0.15, 0.2) is 12.4 Å². The van der Waals surface area contributed by atoms with E-state index in [1.807, 2.05) is 0 Å². The maximum Gasteiger partial charge on any atom is 0.434 e. The Kier molecular flexibility index (Phi) is 40.8. The first-order chi connectivity index (χ1) is 40.1. The fourth-order valence-corrected chi connectivity index (χ4v) is 7.24. The number of hydrogen-bond acceptors (Lipinski definition) is 26. The van der Waals surface area contributed by atoms with Crippen molar-refractivity contribution in [2.24, 2.45) is 0 Å². The minimum absolute atomic E-state index is 0.000478. The van der Waals surface area contributed by atoms with Gasteiger partial charge in [-0.2, -0.15) is 13.2 Å². The van der Waals surface area contributed by atoms with Crippen LogP contribution in [0.5, 0.6) is 0 Å². The Hall–Kier alpha value is -4.01. The number of ether oxygens (including phenoxy) is 15. The van der Waals surface area contributed by atoms with Crippen molar-refractivity contribution in [1.29, 1.82) is 0 Å². The van der Waals surface area contributed by atoms with Gasteiger partial charge in [0.25, 0.3) is 0 Å². The fourth-order valence-electron chi connectivity index (χ4n) is 7.24. The van der Waals surface area contributed by atoms with E-state index < -0.39 is 66.5 Å². The second kappa shape index (κ2) is 46.2. The number of ketones is 1. The second-order valence-electron chi connectivity index (χ2n) is 18.5. The first-order valence-electron chi connectivity index (χ1n) is 27.6. The Balaban J connectivity index is 1.16. The summed E-state index contributed by atoms with van der Waals surface area (Å²) in [5, 5.41) is 51.5. The van der Waals surface area contributed by atoms with Gasteiger partial charge in [0.2, 0.25) is 17.7 Å². The number of aromatic nitrogens is 2. The van der Waals surface area contributed by atoms with Crippen LogP contribution >= 0.6 is 0 Å². The van der Waals surface area contributed by atoms with Gasteiger partial charge < -0.3 is 113 Å². The van der Waals surface area contributed by atoms with Crippen LogP contribution in [0.1, 0.15) is 31.9 Å². The zero-order valence-electron chi connectivity index (χ0n) is 47.2. The van der Waals surface area contributed by atoms with Crippen LogP contribution in [-0.2, 0) is 96.4 Å². The number of anilines is 1. The molecule has 0 spiro atoms. The third-order valence-corrected chi connectivity index (χ3v) is 11.6. The third-order valence-electron chi connectivity index (χ3n) is 11.6. The summed E-state index contributed by atoms with van der Waals surface area (Å²) in [6, 6.07) is -1.58. The molecular formula is C51H87F3N6O23. The quantitative estimate of drug-likeness (QED) is 0.0306. The molecule has 3 rings (SSSR count). The molecule has 0 aliphatic carbocycles. The van der Waals surface area contributed by atoms with E-state index in [-0.39, 0.29) is 188 Å². The minimum atomic E-state index is -4.70. The average Bonchev–Trinajstić information content (AvgIpc) is 3.66. The summed E-state index contributed by atoms with van der Waals surface area (Å²) in [6.45, 7) is 6.85. The molecule has 2 aliphatic heterocycles. The predicted molar refractivity (Wildman–Crippen MR) is 281 cm³/mol. The van der Waals surface area contributed by atoms with Crippen molar-refractivity contribution in [1.82, 2.24) is 25.9 Å². The molecule has 0 aromatic carbocycles. The molecule has 1 aromatic rings. The van der Waals surface area contributed by atoms with Crippen molar-refractivity contribution in [3.8, 4) is 0 Å². The van der Waals surface area contributed by atoms with Gasteiger partial charge >= 0.3 is 6.18 Å². The molecule has 0 bridgehead atoms. The Morgan fingerprint density at radius 1 is 0.566 bits per heavy atom. The number of alkyl halides is 3. The lowest BCUT2D eigenvalue weighted by Gasteiger charge is -2.38. The number of halogens is 3. The number of amides is 3. The van der Waals surface area contributed by atoms with Crippen LogP contribution < -0.4 is 21.3 Å². The molecule has 2 saturated heterocycles. The van der Waals surface area contributed by atoms with Gasteiger partial charge in [-0.15, -0.1) is 0 Å². The molecule has 83 heavy (non-hydrogen) atoms. The van der Waals surface area contributed by atoms with Gasteiger partial charge in [0, 0.05) is 32.5 Å². The lowest BCUT2D eigenvalue weighted by atomic mass is 9.98. The summed E-state index contributed by atoms with van der Waals surface area (Å²) < 4.78 is 121. The first kappa shape index (κ1) is 73.2. The summed E-state index contributed by atoms with van der Waals surface area (Å²) in [5.74, 6) is -1.32. The van der Waals surface area contributed by atoms with Crippen LogP contribution in [-0.4, -0.2) is 301 Å². The molecule has 0 radical (unpaired) electrons. The summed E-state index contributed by atoms with van der Waals surface area (Å²) in [4.78, 5) is 55.4. The highest BCUT2D eigenvalue weighted by molar-refractivity contribution is 5.78. The molecule has 2 aliphatic rings. The molecule has 29 nitrogen and oxygen atoms in total. The van der Waals surface area contributed by atoms with Gasteiger partial charge in [0.15, 0.2) is 11.5 Å². The van der Waals surface area contributed by atoms with Crippen molar-refractivity contribution in [2.45, 2.75) is 81.1 Å². The van der Waals surface area contributed by atoms with Crippen molar-refractivity contribution in [2.75, 3.05) is 203 Å². The van der Waals surface area contributed by atoms with E-state index in [0.29, 0.717) is 58.9 Å². The Morgan fingerprint density at radius 3 is 1.52 bits per heavy atom. The third kappa shape index (κ3) is 36.6. The number of carbonyl (C=O) groups is 4. The van der Waals surface area contributed by atoms with Gasteiger partial charge in [0.1, 0.15) is 49.6 Å². The number of nitrogens with one attached hydrogen (secondary N) is 4. The van der Waals surface area contributed by atoms with Crippen LogP contribution in [0.25, 0.3) is 0 Å². The molecule has 1 aromatic heterocycles. The summed E-state index contributed by atoms with van der Waals surface area (Å²) in [6.07, 6.45) is -8.58. The predicted octanol–water partition coefficient (Wildman–Crippen LogP) is -2.79. The summed E-state index contributed by atoms with van der Waals surface area (Å²) >= 11 is 0. The van der Waals surface area contributed by atoms with Gasteiger partial charge in [-0.1, -0.05) is 0 Å². The first-order valence-corrected chi connectivity index (χ1v) is 27.6. The summed E-state index contributed by atoms with van der Waals surface area (Å²) in [5.41, 5.74) is -1.21. The van der Waals surface area contributed by atoms with Crippen molar-refractivity contribution in [3.63, 3.8) is 0 Å². The molecule has 1 unspecified atom stereocenters. The molecule has 480 valence electrons. The van der Waals surface area contributed by atoms with Crippen molar-refractivity contribution >= 4 is 29.3 Å². The Morgan fingerprint density at radius 2 is 1.02 bits per heavy atom. The number of carbonyl (C=O) groups excluding carboxylic acids is 4. The molecule has 2 fully saturated rings. The highest BCUT2D eigenvalue weighted by Gasteiger charge is 2.39. The SMILES string of the molecule is CC(=O)COCCOCCOCC(=O)NC(COCCC(=O)NCCOCCOCCOCCOC[C@H]1OC[C@H](Nc2cncc(C(F)(F)F)n2)[C@@H](O)[C@H]1O)COCCC(=O)NCCOCCOCCOCCOC[C@H]1OCC[C@@H](O)[C@H]1O. The molecule has 8 N–H and O–H groups in total.